The van der Waals surface area contributed by atoms with Gasteiger partial charge in [0.1, 0.15) is 0 Å². The van der Waals surface area contributed by atoms with Crippen molar-refractivity contribution in [1.82, 2.24) is 0 Å². The molecule has 2 aromatic rings. The minimum atomic E-state index is 1.15. The summed E-state index contributed by atoms with van der Waals surface area (Å²) in [5, 5.41) is 0. The van der Waals surface area contributed by atoms with E-state index < -0.39 is 0 Å². The van der Waals surface area contributed by atoms with Gasteiger partial charge in [0.05, 0.1) is 0 Å². The third-order valence-electron chi connectivity index (χ3n) is 3.11. The molecular formula is C20H21N. The standard InChI is InChI=1S/C20H21N/c1-3-4-5-6-10-17-21(19-11-8-7-9-12-19)20-15-13-18(2)14-16-20/h3-17H,1-2H3/b4-3-,6-5-,17-10+. The van der Waals surface area contributed by atoms with E-state index in [1.807, 2.05) is 43.4 Å². The molecule has 0 unspecified atom stereocenters. The Hall–Kier alpha value is -2.54. The molecule has 1 heteroatoms. The van der Waals surface area contributed by atoms with Crippen LogP contribution in [0.4, 0.5) is 11.4 Å². The second-order valence-electron chi connectivity index (χ2n) is 4.79. The lowest BCUT2D eigenvalue weighted by atomic mass is 10.2. The largest absolute Gasteiger partial charge is 0.317 e. The summed E-state index contributed by atoms with van der Waals surface area (Å²) in [4.78, 5) is 2.18. The van der Waals surface area contributed by atoms with E-state index in [9.17, 15) is 0 Å². The zero-order chi connectivity index (χ0) is 14.9. The third-order valence-corrected chi connectivity index (χ3v) is 3.11. The maximum atomic E-state index is 2.18. The van der Waals surface area contributed by atoms with Crippen LogP contribution >= 0.6 is 0 Å². The van der Waals surface area contributed by atoms with Gasteiger partial charge in [-0.3, -0.25) is 0 Å². The quantitative estimate of drug-likeness (QED) is 0.625. The van der Waals surface area contributed by atoms with Crippen molar-refractivity contribution in [3.8, 4) is 0 Å². The lowest BCUT2D eigenvalue weighted by Gasteiger charge is -2.20. The van der Waals surface area contributed by atoms with Gasteiger partial charge in [-0.1, -0.05) is 60.2 Å². The zero-order valence-corrected chi connectivity index (χ0v) is 12.6. The Labute approximate surface area is 127 Å². The number of nitrogens with zero attached hydrogens (tertiary/aromatic N) is 1. The van der Waals surface area contributed by atoms with Gasteiger partial charge in [-0.25, -0.2) is 0 Å². The van der Waals surface area contributed by atoms with Crippen molar-refractivity contribution in [1.29, 1.82) is 0 Å². The lowest BCUT2D eigenvalue weighted by Crippen LogP contribution is -2.07. The van der Waals surface area contributed by atoms with Crippen LogP contribution in [0.3, 0.4) is 0 Å². The van der Waals surface area contributed by atoms with Crippen molar-refractivity contribution < 1.29 is 0 Å². The van der Waals surface area contributed by atoms with Gasteiger partial charge in [-0.05, 0) is 44.2 Å². The highest BCUT2D eigenvalue weighted by atomic mass is 15.1. The van der Waals surface area contributed by atoms with E-state index in [4.69, 9.17) is 0 Å². The Kier molecular flexibility index (Phi) is 5.60. The Balaban J connectivity index is 2.29. The number of aryl methyl sites for hydroxylation is 1. The molecule has 1 nitrogen and oxygen atoms in total. The highest BCUT2D eigenvalue weighted by Crippen LogP contribution is 2.25. The van der Waals surface area contributed by atoms with Gasteiger partial charge in [0.25, 0.3) is 0 Å². The van der Waals surface area contributed by atoms with Crippen LogP contribution in [0.15, 0.2) is 91.2 Å². The fourth-order valence-corrected chi connectivity index (χ4v) is 1.99. The SMILES string of the molecule is C\C=C/C=C\C=C\N(c1ccccc1)c1ccc(C)cc1. The Bertz CT molecular complexity index is 619. The predicted octanol–water partition coefficient (Wildman–Crippen LogP) is 5.78. The van der Waals surface area contributed by atoms with E-state index >= 15 is 0 Å². The number of benzene rings is 2. The van der Waals surface area contributed by atoms with E-state index in [2.05, 4.69) is 66.6 Å². The first kappa shape index (κ1) is 14.9. The molecule has 106 valence electrons. The van der Waals surface area contributed by atoms with Gasteiger partial charge >= 0.3 is 0 Å². The summed E-state index contributed by atoms with van der Waals surface area (Å²) in [6.07, 6.45) is 12.2. The van der Waals surface area contributed by atoms with Gasteiger partial charge < -0.3 is 4.90 Å². The fraction of sp³-hybridized carbons (Fsp3) is 0.100. The fourth-order valence-electron chi connectivity index (χ4n) is 1.99. The van der Waals surface area contributed by atoms with Crippen LogP contribution in [0.1, 0.15) is 12.5 Å². The van der Waals surface area contributed by atoms with E-state index in [1.54, 1.807) is 0 Å². The van der Waals surface area contributed by atoms with E-state index in [0.717, 1.165) is 11.4 Å². The first-order valence-corrected chi connectivity index (χ1v) is 7.18. The van der Waals surface area contributed by atoms with Crippen LogP contribution in [0.2, 0.25) is 0 Å². The number of rotatable bonds is 5. The monoisotopic (exact) mass is 275 g/mol. The number of hydrogen-bond acceptors (Lipinski definition) is 1. The van der Waals surface area contributed by atoms with Crippen molar-refractivity contribution in [2.45, 2.75) is 13.8 Å². The Morgan fingerprint density at radius 1 is 0.714 bits per heavy atom. The maximum Gasteiger partial charge on any atom is 0.0455 e. The van der Waals surface area contributed by atoms with Gasteiger partial charge in [-0.15, -0.1) is 0 Å². The number of para-hydroxylation sites is 1. The maximum absolute atomic E-state index is 2.18. The highest BCUT2D eigenvalue weighted by molar-refractivity contribution is 5.66. The summed E-state index contributed by atoms with van der Waals surface area (Å²) in [6, 6.07) is 18.9. The minimum absolute atomic E-state index is 1.15. The van der Waals surface area contributed by atoms with Gasteiger partial charge in [0.15, 0.2) is 0 Å². The van der Waals surface area contributed by atoms with Crippen molar-refractivity contribution in [3.63, 3.8) is 0 Å². The summed E-state index contributed by atoms with van der Waals surface area (Å²) in [5.74, 6) is 0. The van der Waals surface area contributed by atoms with Gasteiger partial charge in [0.2, 0.25) is 0 Å². The van der Waals surface area contributed by atoms with Crippen molar-refractivity contribution in [2.24, 2.45) is 0 Å². The Morgan fingerprint density at radius 3 is 2.00 bits per heavy atom. The second-order valence-corrected chi connectivity index (χ2v) is 4.79. The van der Waals surface area contributed by atoms with Crippen LogP contribution in [-0.2, 0) is 0 Å². The van der Waals surface area contributed by atoms with Crippen LogP contribution in [0, 0.1) is 6.92 Å². The van der Waals surface area contributed by atoms with Crippen LogP contribution in [-0.4, -0.2) is 0 Å². The summed E-state index contributed by atoms with van der Waals surface area (Å²) in [7, 11) is 0. The molecule has 0 aromatic heterocycles. The molecule has 0 fully saturated rings. The Morgan fingerprint density at radius 2 is 1.33 bits per heavy atom. The predicted molar refractivity (Wildman–Crippen MR) is 92.9 cm³/mol. The third kappa shape index (κ3) is 4.50. The molecule has 0 spiro atoms. The first-order chi connectivity index (χ1) is 10.3. The summed E-state index contributed by atoms with van der Waals surface area (Å²) < 4.78 is 0. The second kappa shape index (κ2) is 7.91. The average molecular weight is 275 g/mol. The molecule has 21 heavy (non-hydrogen) atoms. The van der Waals surface area contributed by atoms with Crippen molar-refractivity contribution in [2.75, 3.05) is 4.90 Å². The molecule has 2 aromatic carbocycles. The van der Waals surface area contributed by atoms with Gasteiger partial charge in [0, 0.05) is 17.6 Å². The normalized spacial score (nSPS) is 11.7. The van der Waals surface area contributed by atoms with E-state index in [-0.39, 0.29) is 0 Å². The number of allylic oxidation sites excluding steroid dienone is 5. The molecule has 2 rings (SSSR count). The summed E-state index contributed by atoms with van der Waals surface area (Å²) in [5.41, 5.74) is 3.57. The van der Waals surface area contributed by atoms with Crippen LogP contribution in [0.25, 0.3) is 0 Å². The molecule has 0 radical (unpaired) electrons. The van der Waals surface area contributed by atoms with Crippen molar-refractivity contribution in [3.05, 3.63) is 96.7 Å². The molecule has 0 heterocycles. The summed E-state index contributed by atoms with van der Waals surface area (Å²) >= 11 is 0. The highest BCUT2D eigenvalue weighted by Gasteiger charge is 2.04. The summed E-state index contributed by atoms with van der Waals surface area (Å²) in [6.45, 7) is 4.11. The minimum Gasteiger partial charge on any atom is -0.317 e. The van der Waals surface area contributed by atoms with Gasteiger partial charge in [-0.2, -0.15) is 0 Å². The van der Waals surface area contributed by atoms with E-state index in [0.29, 0.717) is 0 Å². The molecule has 0 saturated heterocycles. The zero-order valence-electron chi connectivity index (χ0n) is 12.6. The molecular weight excluding hydrogens is 254 g/mol. The lowest BCUT2D eigenvalue weighted by molar-refractivity contribution is 1.27. The average Bonchev–Trinajstić information content (AvgIpc) is 2.53. The van der Waals surface area contributed by atoms with Crippen molar-refractivity contribution >= 4 is 11.4 Å². The molecule has 0 amide bonds. The topological polar surface area (TPSA) is 3.24 Å². The molecule has 0 N–H and O–H groups in total. The molecule has 0 saturated carbocycles. The number of anilines is 2. The smallest absolute Gasteiger partial charge is 0.0455 e. The van der Waals surface area contributed by atoms with E-state index in [1.165, 1.54) is 5.56 Å². The first-order valence-electron chi connectivity index (χ1n) is 7.18. The molecule has 0 aliphatic carbocycles. The molecule has 0 aliphatic heterocycles. The molecule has 0 aliphatic rings. The molecule has 0 atom stereocenters. The van der Waals surface area contributed by atoms with Crippen LogP contribution < -0.4 is 4.90 Å². The number of hydrogen-bond donors (Lipinski definition) is 0. The molecule has 0 bridgehead atoms. The van der Waals surface area contributed by atoms with Crippen LogP contribution in [0.5, 0.6) is 0 Å².